The van der Waals surface area contributed by atoms with Crippen LogP contribution in [0.2, 0.25) is 0 Å². The number of benzene rings is 1. The molecule has 3 aromatic heterocycles. The minimum Gasteiger partial charge on any atom is -0.461 e. The van der Waals surface area contributed by atoms with E-state index in [1.807, 2.05) is 4.90 Å². The first kappa shape index (κ1) is 23.0. The number of hydrogen-bond acceptors (Lipinski definition) is 11. The average molecular weight is 502 g/mol. The van der Waals surface area contributed by atoms with Gasteiger partial charge in [0.05, 0.1) is 16.8 Å². The summed E-state index contributed by atoms with van der Waals surface area (Å²) in [4.78, 5) is 17.1. The number of anilines is 3. The monoisotopic (exact) mass is 501 g/mol. The van der Waals surface area contributed by atoms with Crippen molar-refractivity contribution in [2.24, 2.45) is 0 Å². The van der Waals surface area contributed by atoms with Crippen molar-refractivity contribution >= 4 is 33.2 Å². The minimum absolute atomic E-state index is 0.0205. The second-order valence-corrected chi connectivity index (χ2v) is 10.2. The van der Waals surface area contributed by atoms with Gasteiger partial charge in [0.2, 0.25) is 17.7 Å². The summed E-state index contributed by atoms with van der Waals surface area (Å²) in [6.45, 7) is 4.01. The molecule has 1 saturated heterocycles. The fourth-order valence-corrected chi connectivity index (χ4v) is 4.54. The van der Waals surface area contributed by atoms with Gasteiger partial charge in [-0.3, -0.25) is 4.90 Å². The summed E-state index contributed by atoms with van der Waals surface area (Å²) in [7, 11) is -3.44. The lowest BCUT2D eigenvalue weighted by Gasteiger charge is -2.36. The van der Waals surface area contributed by atoms with Gasteiger partial charge in [-0.2, -0.15) is 19.5 Å². The van der Waals surface area contributed by atoms with Crippen molar-refractivity contribution in [2.45, 2.75) is 4.90 Å². The van der Waals surface area contributed by atoms with Crippen molar-refractivity contribution < 1.29 is 17.2 Å². The zero-order valence-electron chi connectivity index (χ0n) is 18.9. The van der Waals surface area contributed by atoms with E-state index in [0.29, 0.717) is 48.6 Å². The fourth-order valence-electron chi connectivity index (χ4n) is 3.91. The van der Waals surface area contributed by atoms with E-state index in [2.05, 4.69) is 30.3 Å². The first-order valence-corrected chi connectivity index (χ1v) is 12.8. The fraction of sp³-hybridized carbons (Fsp3) is 0.333. The molecule has 0 atom stereocenters. The van der Waals surface area contributed by atoms with E-state index in [-0.39, 0.29) is 10.8 Å². The predicted octanol–water partition coefficient (Wildman–Crippen LogP) is 1.14. The zero-order chi connectivity index (χ0) is 24.6. The number of furan rings is 1. The van der Waals surface area contributed by atoms with Gasteiger partial charge in [-0.25, -0.2) is 12.8 Å². The zero-order valence-corrected chi connectivity index (χ0v) is 19.7. The molecule has 0 amide bonds. The van der Waals surface area contributed by atoms with E-state index >= 15 is 0 Å². The number of sulfone groups is 1. The number of halogens is 1. The molecular formula is C21H24FN9O3S. The van der Waals surface area contributed by atoms with Gasteiger partial charge >= 0.3 is 0 Å². The Bertz CT molecular complexity index is 1450. The van der Waals surface area contributed by atoms with E-state index in [4.69, 9.17) is 10.2 Å². The second-order valence-electron chi connectivity index (χ2n) is 8.17. The summed E-state index contributed by atoms with van der Waals surface area (Å²) in [6.07, 6.45) is 2.60. The summed E-state index contributed by atoms with van der Waals surface area (Å²) >= 11 is 0. The van der Waals surface area contributed by atoms with Gasteiger partial charge < -0.3 is 20.4 Å². The molecule has 5 rings (SSSR count). The van der Waals surface area contributed by atoms with Gasteiger partial charge in [-0.15, -0.1) is 5.10 Å². The smallest absolute Gasteiger partial charge is 0.259 e. The number of piperazine rings is 1. The lowest BCUT2D eigenvalue weighted by Crippen LogP contribution is -2.48. The van der Waals surface area contributed by atoms with Gasteiger partial charge in [-0.1, -0.05) is 0 Å². The Morgan fingerprint density at radius 2 is 1.94 bits per heavy atom. The molecule has 0 spiro atoms. The maximum Gasteiger partial charge on any atom is 0.259 e. The van der Waals surface area contributed by atoms with Crippen molar-refractivity contribution in [2.75, 3.05) is 61.5 Å². The van der Waals surface area contributed by atoms with Crippen LogP contribution in [-0.4, -0.2) is 83.4 Å². The molecule has 184 valence electrons. The van der Waals surface area contributed by atoms with Crippen molar-refractivity contribution in [1.29, 1.82) is 0 Å². The Morgan fingerprint density at radius 3 is 2.63 bits per heavy atom. The highest BCUT2D eigenvalue weighted by Crippen LogP contribution is 2.24. The molecule has 0 saturated carbocycles. The lowest BCUT2D eigenvalue weighted by molar-refractivity contribution is 0.266. The number of rotatable bonds is 7. The first-order valence-electron chi connectivity index (χ1n) is 10.9. The molecule has 3 N–H and O–H groups in total. The maximum atomic E-state index is 14.5. The highest BCUT2D eigenvalue weighted by atomic mass is 32.2. The van der Waals surface area contributed by atoms with Gasteiger partial charge in [0.15, 0.2) is 15.6 Å². The molecule has 1 fully saturated rings. The molecular weight excluding hydrogens is 477 g/mol. The number of hydrogen-bond donors (Lipinski definition) is 2. The van der Waals surface area contributed by atoms with Crippen LogP contribution in [0.4, 0.5) is 22.0 Å². The number of nitrogens with zero attached hydrogens (tertiary/aromatic N) is 7. The molecule has 1 aliphatic rings. The average Bonchev–Trinajstić information content (AvgIpc) is 3.49. The summed E-state index contributed by atoms with van der Waals surface area (Å²) in [6, 6.07) is 7.54. The predicted molar refractivity (Wildman–Crippen MR) is 127 cm³/mol. The minimum atomic E-state index is -3.44. The topological polar surface area (TPSA) is 148 Å². The number of nitrogen functional groups attached to an aromatic ring is 1. The third-order valence-electron chi connectivity index (χ3n) is 5.75. The number of nitrogens with one attached hydrogen (secondary N) is 1. The van der Waals surface area contributed by atoms with E-state index in [9.17, 15) is 12.8 Å². The van der Waals surface area contributed by atoms with Crippen molar-refractivity contribution in [1.82, 2.24) is 29.5 Å². The van der Waals surface area contributed by atoms with E-state index < -0.39 is 15.7 Å². The molecule has 4 heterocycles. The van der Waals surface area contributed by atoms with Crippen LogP contribution in [-0.2, 0) is 9.84 Å². The van der Waals surface area contributed by atoms with Crippen molar-refractivity contribution in [3.8, 4) is 11.6 Å². The molecule has 0 aliphatic carbocycles. The summed E-state index contributed by atoms with van der Waals surface area (Å²) in [5.41, 5.74) is 6.42. The highest BCUT2D eigenvalue weighted by molar-refractivity contribution is 7.90. The number of nitrogens with two attached hydrogens (primary N) is 1. The Morgan fingerprint density at radius 1 is 1.14 bits per heavy atom. The molecule has 0 radical (unpaired) electrons. The first-order chi connectivity index (χ1) is 16.8. The summed E-state index contributed by atoms with van der Waals surface area (Å²) < 4.78 is 44.4. The van der Waals surface area contributed by atoms with Gasteiger partial charge in [-0.05, 0) is 30.3 Å². The summed E-state index contributed by atoms with van der Waals surface area (Å²) in [5.74, 6) is 1.16. The molecule has 14 heteroatoms. The molecule has 1 aliphatic heterocycles. The Labute approximate surface area is 200 Å². The number of fused-ring (bicyclic) bond motifs is 1. The van der Waals surface area contributed by atoms with E-state index in [1.165, 1.54) is 22.9 Å². The molecule has 1 aromatic carbocycles. The van der Waals surface area contributed by atoms with Gasteiger partial charge in [0, 0.05) is 45.5 Å². The standard InChI is InChI=1S/C21H24FN9O3S/c1-35(32,33)14-4-5-16(15(22)13-14)30-10-8-29(9-11-30)7-6-24-20-26-19(23)31-21(27-20)25-18(28-31)17-3-2-12-34-17/h2-5,12-13H,6-11H2,1H3,(H3,23,24,25,26,27,28). The van der Waals surface area contributed by atoms with Crippen LogP contribution in [0.3, 0.4) is 0 Å². The van der Waals surface area contributed by atoms with Gasteiger partial charge in [0.25, 0.3) is 5.78 Å². The van der Waals surface area contributed by atoms with Crippen LogP contribution in [0.25, 0.3) is 17.4 Å². The van der Waals surface area contributed by atoms with Crippen LogP contribution in [0, 0.1) is 5.82 Å². The summed E-state index contributed by atoms with van der Waals surface area (Å²) in [5, 5.41) is 7.43. The molecule has 35 heavy (non-hydrogen) atoms. The largest absolute Gasteiger partial charge is 0.461 e. The normalized spacial score (nSPS) is 15.1. The lowest BCUT2D eigenvalue weighted by atomic mass is 10.2. The highest BCUT2D eigenvalue weighted by Gasteiger charge is 2.21. The molecule has 0 bridgehead atoms. The second kappa shape index (κ2) is 9.11. The Balaban J connectivity index is 1.16. The Kier molecular flexibility index (Phi) is 5.98. The third kappa shape index (κ3) is 4.88. The van der Waals surface area contributed by atoms with E-state index in [1.54, 1.807) is 12.1 Å². The molecule has 12 nitrogen and oxygen atoms in total. The van der Waals surface area contributed by atoms with Crippen LogP contribution >= 0.6 is 0 Å². The van der Waals surface area contributed by atoms with E-state index in [0.717, 1.165) is 32.0 Å². The number of aromatic nitrogens is 5. The quantitative estimate of drug-likeness (QED) is 0.375. The van der Waals surface area contributed by atoms with Crippen LogP contribution in [0.15, 0.2) is 45.9 Å². The van der Waals surface area contributed by atoms with Crippen LogP contribution in [0.5, 0.6) is 0 Å². The van der Waals surface area contributed by atoms with Gasteiger partial charge in [0.1, 0.15) is 5.82 Å². The maximum absolute atomic E-state index is 14.5. The third-order valence-corrected chi connectivity index (χ3v) is 6.86. The SMILES string of the molecule is CS(=O)(=O)c1ccc(N2CCN(CCNc3nc(N)n4nc(-c5ccco5)nc4n3)CC2)c(F)c1. The Hall–Kier alpha value is -3.78. The van der Waals surface area contributed by atoms with Crippen LogP contribution < -0.4 is 16.0 Å². The van der Waals surface area contributed by atoms with Crippen LogP contribution in [0.1, 0.15) is 0 Å². The molecule has 4 aromatic rings. The van der Waals surface area contributed by atoms with Crippen molar-refractivity contribution in [3.05, 3.63) is 42.4 Å². The van der Waals surface area contributed by atoms with Crippen molar-refractivity contribution in [3.63, 3.8) is 0 Å². The molecule has 0 unspecified atom stereocenters.